The Morgan fingerprint density at radius 3 is 2.03 bits per heavy atom. The molecule has 0 radical (unpaired) electrons. The molecule has 208 valence electrons. The number of carbonyl (C=O) groups excluding carboxylic acids is 1. The highest BCUT2D eigenvalue weighted by molar-refractivity contribution is 5.72. The quantitative estimate of drug-likeness (QED) is 0.442. The van der Waals surface area contributed by atoms with Crippen molar-refractivity contribution >= 4 is 12.1 Å². The molecule has 0 aromatic heterocycles. The fourth-order valence-corrected chi connectivity index (χ4v) is 5.59. The van der Waals surface area contributed by atoms with E-state index in [0.29, 0.717) is 19.6 Å². The summed E-state index contributed by atoms with van der Waals surface area (Å²) in [6.45, 7) is 6.15. The predicted molar refractivity (Wildman–Crippen MR) is 145 cm³/mol. The van der Waals surface area contributed by atoms with Gasteiger partial charge in [-0.25, -0.2) is 4.79 Å². The Bertz CT molecular complexity index is 797. The van der Waals surface area contributed by atoms with Crippen molar-refractivity contribution in [2.24, 2.45) is 0 Å². The van der Waals surface area contributed by atoms with Crippen molar-refractivity contribution in [3.63, 3.8) is 0 Å². The second kappa shape index (κ2) is 14.7. The van der Waals surface area contributed by atoms with Gasteiger partial charge in [-0.05, 0) is 58.4 Å². The highest BCUT2D eigenvalue weighted by Gasteiger charge is 2.39. The number of aliphatic carboxylic acids is 1. The van der Waals surface area contributed by atoms with Gasteiger partial charge in [-0.1, -0.05) is 68.9 Å². The van der Waals surface area contributed by atoms with E-state index >= 15 is 0 Å². The van der Waals surface area contributed by atoms with Crippen LogP contribution in [0, 0.1) is 0 Å². The van der Waals surface area contributed by atoms with E-state index in [1.165, 1.54) is 69.1 Å². The average molecular weight is 517 g/mol. The van der Waals surface area contributed by atoms with E-state index < -0.39 is 23.7 Å². The first-order valence-electron chi connectivity index (χ1n) is 14.3. The van der Waals surface area contributed by atoms with Crippen LogP contribution >= 0.6 is 0 Å². The van der Waals surface area contributed by atoms with Crippen LogP contribution in [0.2, 0.25) is 0 Å². The molecule has 37 heavy (non-hydrogen) atoms. The van der Waals surface area contributed by atoms with Crippen molar-refractivity contribution in [1.29, 1.82) is 0 Å². The van der Waals surface area contributed by atoms with E-state index in [2.05, 4.69) is 5.32 Å². The molecular formula is C30H48N2O5. The van der Waals surface area contributed by atoms with Gasteiger partial charge in [-0.3, -0.25) is 4.79 Å². The molecule has 1 aromatic rings. The zero-order valence-electron chi connectivity index (χ0n) is 23.1. The largest absolute Gasteiger partial charge is 0.481 e. The summed E-state index contributed by atoms with van der Waals surface area (Å²) < 4.78 is 11.3. The molecule has 7 nitrogen and oxygen atoms in total. The molecule has 0 bridgehead atoms. The van der Waals surface area contributed by atoms with Crippen molar-refractivity contribution in [1.82, 2.24) is 10.2 Å². The fraction of sp³-hybridized carbons (Fsp3) is 0.733. The van der Waals surface area contributed by atoms with Gasteiger partial charge in [0.2, 0.25) is 0 Å². The Hall–Kier alpha value is -2.12. The normalized spacial score (nSPS) is 23.3. The Morgan fingerprint density at radius 1 is 0.946 bits per heavy atom. The minimum Gasteiger partial charge on any atom is -0.481 e. The fourth-order valence-electron chi connectivity index (χ4n) is 5.59. The van der Waals surface area contributed by atoms with Crippen LogP contribution < -0.4 is 5.32 Å². The molecule has 2 N–H and O–H groups in total. The monoisotopic (exact) mass is 516 g/mol. The van der Waals surface area contributed by atoms with E-state index in [4.69, 9.17) is 14.6 Å². The average Bonchev–Trinajstić information content (AvgIpc) is 3.26. The summed E-state index contributed by atoms with van der Waals surface area (Å²) >= 11 is 0. The standard InChI is InChI=1S/C18H25NO5.C12H23N/c1-18(2,3)24-17(22)19-11-15(9-14(19)10-16(20)21)23-12-13-7-5-4-6-8-13;1-3-7-11(8-4-1)13-12-9-5-2-6-10-12/h4-8,14-15H,9-12H2,1-3H3,(H,20,21);11-13H,1-10H2/t14-,15+;/m0./s1. The number of hydrogen-bond acceptors (Lipinski definition) is 5. The topological polar surface area (TPSA) is 88.1 Å². The number of nitrogens with zero attached hydrogens (tertiary/aromatic N) is 1. The Labute approximate surface area is 223 Å². The lowest BCUT2D eigenvalue weighted by molar-refractivity contribution is -0.138. The summed E-state index contributed by atoms with van der Waals surface area (Å²) in [6, 6.07) is 11.1. The third-order valence-corrected chi connectivity index (χ3v) is 7.42. The van der Waals surface area contributed by atoms with Crippen LogP contribution in [-0.2, 0) is 20.9 Å². The van der Waals surface area contributed by atoms with Crippen molar-refractivity contribution < 1.29 is 24.2 Å². The number of amides is 1. The van der Waals surface area contributed by atoms with Gasteiger partial charge in [0.15, 0.2) is 0 Å². The van der Waals surface area contributed by atoms with Gasteiger partial charge in [0.25, 0.3) is 0 Å². The lowest BCUT2D eigenvalue weighted by Gasteiger charge is -2.30. The number of hydrogen-bond donors (Lipinski definition) is 2. The van der Waals surface area contributed by atoms with E-state index in [-0.39, 0.29) is 12.5 Å². The number of carboxylic acid groups (broad SMARTS) is 1. The van der Waals surface area contributed by atoms with Crippen LogP contribution in [0.4, 0.5) is 4.79 Å². The van der Waals surface area contributed by atoms with Crippen LogP contribution in [-0.4, -0.2) is 58.4 Å². The van der Waals surface area contributed by atoms with Gasteiger partial charge in [0.05, 0.1) is 25.7 Å². The third-order valence-electron chi connectivity index (χ3n) is 7.42. The second-order valence-electron chi connectivity index (χ2n) is 11.9. The lowest BCUT2D eigenvalue weighted by atomic mass is 9.91. The van der Waals surface area contributed by atoms with Crippen molar-refractivity contribution in [3.8, 4) is 0 Å². The van der Waals surface area contributed by atoms with Gasteiger partial charge >= 0.3 is 12.1 Å². The number of carboxylic acids is 1. The lowest BCUT2D eigenvalue weighted by Crippen LogP contribution is -2.41. The minimum absolute atomic E-state index is 0.107. The number of benzene rings is 1. The van der Waals surface area contributed by atoms with Crippen molar-refractivity contribution in [2.75, 3.05) is 6.54 Å². The first kappa shape index (κ1) is 29.4. The highest BCUT2D eigenvalue weighted by Crippen LogP contribution is 2.26. The van der Waals surface area contributed by atoms with Crippen LogP contribution in [0.15, 0.2) is 30.3 Å². The summed E-state index contributed by atoms with van der Waals surface area (Å²) in [5, 5.41) is 12.9. The van der Waals surface area contributed by atoms with Gasteiger partial charge in [0, 0.05) is 18.1 Å². The minimum atomic E-state index is -0.933. The molecule has 1 saturated heterocycles. The molecule has 1 heterocycles. The number of nitrogens with one attached hydrogen (secondary N) is 1. The first-order valence-corrected chi connectivity index (χ1v) is 14.3. The summed E-state index contributed by atoms with van der Waals surface area (Å²) in [7, 11) is 0. The molecule has 1 aromatic carbocycles. The zero-order valence-corrected chi connectivity index (χ0v) is 23.1. The van der Waals surface area contributed by atoms with E-state index in [1.54, 1.807) is 20.8 Å². The van der Waals surface area contributed by atoms with Crippen molar-refractivity contribution in [3.05, 3.63) is 35.9 Å². The van der Waals surface area contributed by atoms with Crippen LogP contribution in [0.25, 0.3) is 0 Å². The summed E-state index contributed by atoms with van der Waals surface area (Å²) in [5.74, 6) is -0.933. The number of rotatable bonds is 7. The molecule has 2 saturated carbocycles. The highest BCUT2D eigenvalue weighted by atomic mass is 16.6. The van der Waals surface area contributed by atoms with Crippen LogP contribution in [0.3, 0.4) is 0 Å². The summed E-state index contributed by atoms with van der Waals surface area (Å²) in [4.78, 5) is 24.9. The molecule has 1 aliphatic heterocycles. The molecule has 0 unspecified atom stereocenters. The van der Waals surface area contributed by atoms with E-state index in [1.807, 2.05) is 30.3 Å². The smallest absolute Gasteiger partial charge is 0.410 e. The molecule has 2 aliphatic carbocycles. The molecular weight excluding hydrogens is 468 g/mol. The second-order valence-corrected chi connectivity index (χ2v) is 11.9. The number of carbonyl (C=O) groups is 2. The van der Waals surface area contributed by atoms with Gasteiger partial charge in [-0.15, -0.1) is 0 Å². The molecule has 0 spiro atoms. The molecule has 1 amide bonds. The van der Waals surface area contributed by atoms with Gasteiger partial charge in [-0.2, -0.15) is 0 Å². The maximum Gasteiger partial charge on any atom is 0.410 e. The number of likely N-dealkylation sites (tertiary alicyclic amines) is 1. The summed E-state index contributed by atoms with van der Waals surface area (Å²) in [5.41, 5.74) is 0.427. The SMILES string of the molecule is C1CCC(NC2CCCCC2)CC1.CC(C)(C)OC(=O)N1C[C@H](OCc2ccccc2)C[C@H]1CC(=O)O. The Kier molecular flexibility index (Phi) is 11.7. The molecule has 7 heteroatoms. The molecule has 3 fully saturated rings. The predicted octanol–water partition coefficient (Wildman–Crippen LogP) is 6.30. The third kappa shape index (κ3) is 11.0. The van der Waals surface area contributed by atoms with Crippen molar-refractivity contribution in [2.45, 2.75) is 134 Å². The summed E-state index contributed by atoms with van der Waals surface area (Å²) in [6.07, 6.45) is 14.3. The van der Waals surface area contributed by atoms with Gasteiger partial charge < -0.3 is 24.8 Å². The van der Waals surface area contributed by atoms with E-state index in [9.17, 15) is 9.59 Å². The zero-order chi connectivity index (χ0) is 26.7. The number of ether oxygens (including phenoxy) is 2. The van der Waals surface area contributed by atoms with Gasteiger partial charge in [0.1, 0.15) is 5.60 Å². The van der Waals surface area contributed by atoms with E-state index in [0.717, 1.165) is 17.6 Å². The molecule has 3 aliphatic rings. The molecule has 4 rings (SSSR count). The van der Waals surface area contributed by atoms with Crippen LogP contribution in [0.1, 0.15) is 103 Å². The molecule has 2 atom stereocenters. The van der Waals surface area contributed by atoms with Crippen LogP contribution in [0.5, 0.6) is 0 Å². The maximum atomic E-state index is 12.3. The Balaban J connectivity index is 0.000000244. The maximum absolute atomic E-state index is 12.3. The Morgan fingerprint density at radius 2 is 1.51 bits per heavy atom. The first-order chi connectivity index (χ1) is 17.7.